The highest BCUT2D eigenvalue weighted by Crippen LogP contribution is 2.25. The van der Waals surface area contributed by atoms with Crippen LogP contribution in [0.15, 0.2) is 60.7 Å². The SMILES string of the molecule is CCCOC1C=CC(CCc2ccc(-c3ccc(C)cc3)cc2)CC1. The molecule has 0 N–H and O–H groups in total. The van der Waals surface area contributed by atoms with E-state index in [0.717, 1.165) is 19.4 Å². The number of aryl methyl sites for hydroxylation is 2. The number of hydrogen-bond acceptors (Lipinski definition) is 1. The van der Waals surface area contributed by atoms with Crippen LogP contribution in [0.4, 0.5) is 0 Å². The Kier molecular flexibility index (Phi) is 6.47. The molecule has 1 aliphatic rings. The van der Waals surface area contributed by atoms with Crippen molar-refractivity contribution in [3.63, 3.8) is 0 Å². The van der Waals surface area contributed by atoms with E-state index < -0.39 is 0 Å². The summed E-state index contributed by atoms with van der Waals surface area (Å²) in [6.07, 6.45) is 10.9. The van der Waals surface area contributed by atoms with Crippen LogP contribution >= 0.6 is 0 Å². The van der Waals surface area contributed by atoms with Gasteiger partial charge >= 0.3 is 0 Å². The van der Waals surface area contributed by atoms with Crippen LogP contribution in [0.1, 0.15) is 43.7 Å². The molecule has 2 atom stereocenters. The molecule has 0 fully saturated rings. The second-order valence-electron chi connectivity index (χ2n) is 7.23. The Morgan fingerprint density at radius 2 is 1.56 bits per heavy atom. The number of rotatable bonds is 7. The quantitative estimate of drug-likeness (QED) is 0.536. The van der Waals surface area contributed by atoms with Gasteiger partial charge in [0.25, 0.3) is 0 Å². The Bertz CT molecular complexity index is 666. The summed E-state index contributed by atoms with van der Waals surface area (Å²) in [7, 11) is 0. The van der Waals surface area contributed by atoms with E-state index in [1.165, 1.54) is 41.5 Å². The zero-order valence-corrected chi connectivity index (χ0v) is 15.6. The minimum absolute atomic E-state index is 0.352. The molecule has 0 aliphatic heterocycles. The molecule has 2 unspecified atom stereocenters. The molecule has 25 heavy (non-hydrogen) atoms. The van der Waals surface area contributed by atoms with E-state index >= 15 is 0 Å². The number of hydrogen-bond donors (Lipinski definition) is 0. The van der Waals surface area contributed by atoms with Crippen molar-refractivity contribution in [3.8, 4) is 11.1 Å². The molecule has 0 spiro atoms. The Morgan fingerprint density at radius 3 is 2.16 bits per heavy atom. The second kappa shape index (κ2) is 9.01. The summed E-state index contributed by atoms with van der Waals surface area (Å²) in [6, 6.07) is 17.8. The smallest absolute Gasteiger partial charge is 0.0756 e. The molecule has 0 amide bonds. The van der Waals surface area contributed by atoms with E-state index in [1.54, 1.807) is 0 Å². The van der Waals surface area contributed by atoms with Gasteiger partial charge in [-0.15, -0.1) is 0 Å². The molecule has 2 aromatic carbocycles. The number of allylic oxidation sites excluding steroid dienone is 1. The molecule has 0 bridgehead atoms. The van der Waals surface area contributed by atoms with Crippen molar-refractivity contribution >= 4 is 0 Å². The van der Waals surface area contributed by atoms with Crippen LogP contribution in [0.5, 0.6) is 0 Å². The van der Waals surface area contributed by atoms with E-state index in [9.17, 15) is 0 Å². The standard InChI is InChI=1S/C24H30O/c1-3-18-25-24-16-10-21(11-17-24)7-6-20-8-14-23(15-9-20)22-12-4-19(2)5-13-22/h4-5,8-10,12-16,21,24H,3,6-7,11,17-18H2,1-2H3. The van der Waals surface area contributed by atoms with Crippen LogP contribution in [-0.4, -0.2) is 12.7 Å². The number of ether oxygens (including phenoxy) is 1. The van der Waals surface area contributed by atoms with Crippen molar-refractivity contribution in [1.29, 1.82) is 0 Å². The van der Waals surface area contributed by atoms with Gasteiger partial charge in [0.15, 0.2) is 0 Å². The highest BCUT2D eigenvalue weighted by Gasteiger charge is 2.15. The summed E-state index contributed by atoms with van der Waals surface area (Å²) >= 11 is 0. The van der Waals surface area contributed by atoms with Crippen molar-refractivity contribution in [2.24, 2.45) is 5.92 Å². The molecular formula is C24H30O. The van der Waals surface area contributed by atoms with Gasteiger partial charge in [0, 0.05) is 6.61 Å². The molecule has 0 saturated heterocycles. The summed E-state index contributed by atoms with van der Waals surface area (Å²) in [6.45, 7) is 5.18. The van der Waals surface area contributed by atoms with Gasteiger partial charge in [0.05, 0.1) is 6.10 Å². The van der Waals surface area contributed by atoms with Crippen molar-refractivity contribution < 1.29 is 4.74 Å². The first-order valence-corrected chi connectivity index (χ1v) is 9.70. The fraction of sp³-hybridized carbons (Fsp3) is 0.417. The van der Waals surface area contributed by atoms with Gasteiger partial charge in [0.2, 0.25) is 0 Å². The second-order valence-corrected chi connectivity index (χ2v) is 7.23. The van der Waals surface area contributed by atoms with Gasteiger partial charge in [-0.05, 0) is 61.6 Å². The first-order valence-electron chi connectivity index (χ1n) is 9.70. The molecule has 1 nitrogen and oxygen atoms in total. The lowest BCUT2D eigenvalue weighted by atomic mass is 9.89. The summed E-state index contributed by atoms with van der Waals surface area (Å²) in [4.78, 5) is 0. The van der Waals surface area contributed by atoms with E-state index in [2.05, 4.69) is 74.5 Å². The third kappa shape index (κ3) is 5.31. The lowest BCUT2D eigenvalue weighted by Crippen LogP contribution is -2.17. The fourth-order valence-electron chi connectivity index (χ4n) is 3.46. The maximum atomic E-state index is 5.82. The van der Waals surface area contributed by atoms with Gasteiger partial charge in [0.1, 0.15) is 0 Å². The monoisotopic (exact) mass is 334 g/mol. The Morgan fingerprint density at radius 1 is 0.880 bits per heavy atom. The van der Waals surface area contributed by atoms with Crippen LogP contribution in [0, 0.1) is 12.8 Å². The fourth-order valence-corrected chi connectivity index (χ4v) is 3.46. The van der Waals surface area contributed by atoms with Gasteiger partial charge in [-0.2, -0.15) is 0 Å². The third-order valence-corrected chi connectivity index (χ3v) is 5.10. The molecule has 1 heteroatoms. The highest BCUT2D eigenvalue weighted by atomic mass is 16.5. The lowest BCUT2D eigenvalue weighted by molar-refractivity contribution is 0.0716. The van der Waals surface area contributed by atoms with Crippen molar-refractivity contribution in [2.75, 3.05) is 6.61 Å². The normalized spacial score (nSPS) is 19.9. The minimum atomic E-state index is 0.352. The molecule has 0 radical (unpaired) electrons. The Hall–Kier alpha value is -1.86. The van der Waals surface area contributed by atoms with E-state index in [4.69, 9.17) is 4.74 Å². The third-order valence-electron chi connectivity index (χ3n) is 5.10. The summed E-state index contributed by atoms with van der Waals surface area (Å²) < 4.78 is 5.82. The summed E-state index contributed by atoms with van der Waals surface area (Å²) in [5, 5.41) is 0. The molecule has 0 saturated carbocycles. The largest absolute Gasteiger partial charge is 0.374 e. The molecule has 0 aromatic heterocycles. The topological polar surface area (TPSA) is 9.23 Å². The maximum absolute atomic E-state index is 5.82. The summed E-state index contributed by atoms with van der Waals surface area (Å²) in [5.41, 5.74) is 5.35. The van der Waals surface area contributed by atoms with Gasteiger partial charge in [-0.1, -0.05) is 73.2 Å². The van der Waals surface area contributed by atoms with E-state index in [1.807, 2.05) is 0 Å². The van der Waals surface area contributed by atoms with Crippen LogP contribution in [0.25, 0.3) is 11.1 Å². The van der Waals surface area contributed by atoms with Crippen LogP contribution in [-0.2, 0) is 11.2 Å². The van der Waals surface area contributed by atoms with Crippen LogP contribution in [0.2, 0.25) is 0 Å². The van der Waals surface area contributed by atoms with Crippen LogP contribution in [0.3, 0.4) is 0 Å². The average molecular weight is 335 g/mol. The molecule has 1 aliphatic carbocycles. The van der Waals surface area contributed by atoms with Gasteiger partial charge in [-0.3, -0.25) is 0 Å². The predicted octanol–water partition coefficient (Wildman–Crippen LogP) is 6.36. The summed E-state index contributed by atoms with van der Waals surface area (Å²) in [5.74, 6) is 0.707. The molecule has 0 heterocycles. The lowest BCUT2D eigenvalue weighted by Gasteiger charge is -2.23. The predicted molar refractivity (Wildman–Crippen MR) is 107 cm³/mol. The van der Waals surface area contributed by atoms with Gasteiger partial charge in [-0.25, -0.2) is 0 Å². The Balaban J connectivity index is 1.50. The molecule has 2 aromatic rings. The van der Waals surface area contributed by atoms with E-state index in [0.29, 0.717) is 12.0 Å². The molecular weight excluding hydrogens is 304 g/mol. The zero-order chi connectivity index (χ0) is 17.5. The average Bonchev–Trinajstić information content (AvgIpc) is 2.67. The first kappa shape index (κ1) is 17.9. The minimum Gasteiger partial charge on any atom is -0.374 e. The highest BCUT2D eigenvalue weighted by molar-refractivity contribution is 5.63. The van der Waals surface area contributed by atoms with Crippen LogP contribution < -0.4 is 0 Å². The van der Waals surface area contributed by atoms with Gasteiger partial charge < -0.3 is 4.74 Å². The Labute approximate surface area is 152 Å². The number of benzene rings is 2. The zero-order valence-electron chi connectivity index (χ0n) is 15.6. The van der Waals surface area contributed by atoms with Crippen molar-refractivity contribution in [2.45, 2.75) is 52.1 Å². The van der Waals surface area contributed by atoms with E-state index in [-0.39, 0.29) is 0 Å². The molecule has 3 rings (SSSR count). The maximum Gasteiger partial charge on any atom is 0.0756 e. The molecule has 132 valence electrons. The van der Waals surface area contributed by atoms with Crippen molar-refractivity contribution in [1.82, 2.24) is 0 Å². The first-order chi connectivity index (χ1) is 12.2. The van der Waals surface area contributed by atoms with Crippen molar-refractivity contribution in [3.05, 3.63) is 71.8 Å².